The predicted octanol–water partition coefficient (Wildman–Crippen LogP) is 2.48. The Balaban J connectivity index is 1.80. The van der Waals surface area contributed by atoms with Gasteiger partial charge in [0.1, 0.15) is 11.6 Å². The lowest BCUT2D eigenvalue weighted by Crippen LogP contribution is -2.32. The van der Waals surface area contributed by atoms with Crippen molar-refractivity contribution in [3.05, 3.63) is 76.2 Å². The largest absolute Gasteiger partial charge is 0.465 e. The minimum absolute atomic E-state index is 0.0844. The van der Waals surface area contributed by atoms with Crippen LogP contribution < -0.4 is 15.4 Å². The van der Waals surface area contributed by atoms with Gasteiger partial charge in [0.15, 0.2) is 0 Å². The summed E-state index contributed by atoms with van der Waals surface area (Å²) in [5.41, 5.74) is 1.43. The van der Waals surface area contributed by atoms with Crippen LogP contribution in [0.2, 0.25) is 0 Å². The Labute approximate surface area is 194 Å². The van der Waals surface area contributed by atoms with Crippen molar-refractivity contribution in [2.75, 3.05) is 11.9 Å². The van der Waals surface area contributed by atoms with E-state index in [1.165, 1.54) is 35.6 Å². The highest BCUT2D eigenvalue weighted by Crippen LogP contribution is 2.24. The molecule has 1 heterocycles. The van der Waals surface area contributed by atoms with Crippen LogP contribution in [0.5, 0.6) is 0 Å². The Bertz CT molecular complexity index is 1290. The number of sulfonamides is 1. The van der Waals surface area contributed by atoms with Crippen molar-refractivity contribution in [2.24, 2.45) is 0 Å². The van der Waals surface area contributed by atoms with E-state index in [1.807, 2.05) is 5.32 Å². The second kappa shape index (κ2) is 10.7. The minimum Gasteiger partial charge on any atom is -0.465 e. The number of rotatable bonds is 9. The van der Waals surface area contributed by atoms with E-state index in [-0.39, 0.29) is 17.0 Å². The molecule has 4 N–H and O–H groups in total. The molecule has 0 saturated carbocycles. The molecule has 0 fully saturated rings. The summed E-state index contributed by atoms with van der Waals surface area (Å²) in [6.45, 7) is -0.474. The quantitative estimate of drug-likeness (QED) is 0.362. The summed E-state index contributed by atoms with van der Waals surface area (Å²) in [7, 11) is -4.01. The summed E-state index contributed by atoms with van der Waals surface area (Å²) in [6.07, 6.45) is 0.507. The standard InChI is InChI=1S/C21H19N5O5S2/c22-12-15-4-1-3-14(9-15)10-18(20-23-7-8-32-20)26-33(30,31)17-6-2-5-16(11-17)25-19(27)13-24-21(28)29/h1-9,11,18,24,26H,10,13H2,(H,25,27)(H,28,29). The van der Waals surface area contributed by atoms with Gasteiger partial charge in [0.05, 0.1) is 22.6 Å². The average Bonchev–Trinajstić information content (AvgIpc) is 3.32. The molecular weight excluding hydrogens is 466 g/mol. The molecule has 1 aromatic heterocycles. The number of carboxylic acid groups (broad SMARTS) is 1. The van der Waals surface area contributed by atoms with E-state index in [4.69, 9.17) is 10.4 Å². The van der Waals surface area contributed by atoms with Crippen molar-refractivity contribution in [3.63, 3.8) is 0 Å². The fourth-order valence-electron chi connectivity index (χ4n) is 2.95. The van der Waals surface area contributed by atoms with Gasteiger partial charge in [-0.1, -0.05) is 18.2 Å². The van der Waals surface area contributed by atoms with Crippen molar-refractivity contribution in [3.8, 4) is 6.07 Å². The number of amides is 2. The lowest BCUT2D eigenvalue weighted by molar-refractivity contribution is -0.115. The van der Waals surface area contributed by atoms with Gasteiger partial charge in [-0.2, -0.15) is 5.26 Å². The monoisotopic (exact) mass is 485 g/mol. The number of nitrogens with zero attached hydrogens (tertiary/aromatic N) is 2. The molecule has 0 aliphatic carbocycles. The van der Waals surface area contributed by atoms with E-state index in [9.17, 15) is 18.0 Å². The third-order valence-electron chi connectivity index (χ3n) is 4.37. The maximum atomic E-state index is 13.1. The maximum Gasteiger partial charge on any atom is 0.405 e. The first kappa shape index (κ1) is 23.9. The van der Waals surface area contributed by atoms with Gasteiger partial charge in [0.25, 0.3) is 0 Å². The van der Waals surface area contributed by atoms with Crippen LogP contribution in [-0.4, -0.2) is 37.1 Å². The topological polar surface area (TPSA) is 161 Å². The van der Waals surface area contributed by atoms with E-state index >= 15 is 0 Å². The number of aromatic nitrogens is 1. The Morgan fingerprint density at radius 1 is 1.18 bits per heavy atom. The molecule has 0 radical (unpaired) electrons. The Morgan fingerprint density at radius 3 is 2.67 bits per heavy atom. The van der Waals surface area contributed by atoms with Crippen LogP contribution in [0, 0.1) is 11.3 Å². The molecule has 3 aromatic rings. The van der Waals surface area contributed by atoms with Crippen LogP contribution in [0.1, 0.15) is 22.2 Å². The summed E-state index contributed by atoms with van der Waals surface area (Å²) < 4.78 is 28.9. The first-order chi connectivity index (χ1) is 15.8. The molecule has 33 heavy (non-hydrogen) atoms. The van der Waals surface area contributed by atoms with Gasteiger partial charge in [-0.05, 0) is 42.3 Å². The van der Waals surface area contributed by atoms with Crippen LogP contribution >= 0.6 is 11.3 Å². The average molecular weight is 486 g/mol. The first-order valence-corrected chi connectivity index (χ1v) is 11.9. The third kappa shape index (κ3) is 6.84. The smallest absolute Gasteiger partial charge is 0.405 e. The third-order valence-corrected chi connectivity index (χ3v) is 6.73. The molecule has 12 heteroatoms. The zero-order chi connectivity index (χ0) is 23.8. The van der Waals surface area contributed by atoms with Crippen molar-refractivity contribution in [1.82, 2.24) is 15.0 Å². The van der Waals surface area contributed by atoms with Crippen molar-refractivity contribution in [1.29, 1.82) is 5.26 Å². The van der Waals surface area contributed by atoms with Crippen molar-refractivity contribution in [2.45, 2.75) is 17.4 Å². The van der Waals surface area contributed by atoms with E-state index < -0.39 is 34.6 Å². The highest BCUT2D eigenvalue weighted by atomic mass is 32.2. The van der Waals surface area contributed by atoms with Crippen LogP contribution in [0.25, 0.3) is 0 Å². The second-order valence-corrected chi connectivity index (χ2v) is 9.44. The normalized spacial score (nSPS) is 11.8. The van der Waals surface area contributed by atoms with Gasteiger partial charge in [-0.15, -0.1) is 11.3 Å². The Kier molecular flexibility index (Phi) is 7.73. The molecule has 2 aromatic carbocycles. The molecule has 170 valence electrons. The van der Waals surface area contributed by atoms with Gasteiger partial charge in [0.2, 0.25) is 15.9 Å². The fourth-order valence-corrected chi connectivity index (χ4v) is 4.96. The van der Waals surface area contributed by atoms with Gasteiger partial charge in [0, 0.05) is 17.3 Å². The summed E-state index contributed by atoms with van der Waals surface area (Å²) in [5.74, 6) is -0.641. The van der Waals surface area contributed by atoms with E-state index in [0.29, 0.717) is 10.6 Å². The number of thiazole rings is 1. The summed E-state index contributed by atoms with van der Waals surface area (Å²) in [6, 6.07) is 13.9. The minimum atomic E-state index is -4.01. The van der Waals surface area contributed by atoms with Gasteiger partial charge >= 0.3 is 6.09 Å². The van der Waals surface area contributed by atoms with Gasteiger partial charge in [-0.3, -0.25) is 4.79 Å². The molecule has 0 spiro atoms. The van der Waals surface area contributed by atoms with E-state index in [1.54, 1.807) is 35.8 Å². The maximum absolute atomic E-state index is 13.1. The lowest BCUT2D eigenvalue weighted by Gasteiger charge is -2.17. The summed E-state index contributed by atoms with van der Waals surface area (Å²) in [5, 5.41) is 24.4. The number of benzene rings is 2. The van der Waals surface area contributed by atoms with Crippen LogP contribution in [-0.2, 0) is 21.2 Å². The predicted molar refractivity (Wildman–Crippen MR) is 121 cm³/mol. The SMILES string of the molecule is N#Cc1cccc(CC(NS(=O)(=O)c2cccc(NC(=O)CNC(=O)O)c2)c2nccs2)c1. The van der Waals surface area contributed by atoms with Crippen molar-refractivity contribution < 1.29 is 23.1 Å². The van der Waals surface area contributed by atoms with Crippen LogP contribution in [0.3, 0.4) is 0 Å². The van der Waals surface area contributed by atoms with Crippen LogP contribution in [0.15, 0.2) is 65.0 Å². The molecule has 10 nitrogen and oxygen atoms in total. The van der Waals surface area contributed by atoms with Gasteiger partial charge < -0.3 is 15.7 Å². The molecule has 2 amide bonds. The number of hydrogen-bond donors (Lipinski definition) is 4. The molecule has 0 saturated heterocycles. The molecular formula is C21H19N5O5S2. The zero-order valence-corrected chi connectivity index (χ0v) is 18.7. The van der Waals surface area contributed by atoms with Crippen LogP contribution in [0.4, 0.5) is 10.5 Å². The zero-order valence-electron chi connectivity index (χ0n) is 17.1. The van der Waals surface area contributed by atoms with E-state index in [2.05, 4.69) is 21.1 Å². The Hall–Kier alpha value is -3.79. The lowest BCUT2D eigenvalue weighted by atomic mass is 10.0. The molecule has 1 unspecified atom stereocenters. The number of carbonyl (C=O) groups is 2. The first-order valence-electron chi connectivity index (χ1n) is 9.54. The number of hydrogen-bond acceptors (Lipinski definition) is 7. The molecule has 0 aliphatic rings. The fraction of sp³-hybridized carbons (Fsp3) is 0.143. The van der Waals surface area contributed by atoms with E-state index in [0.717, 1.165) is 5.56 Å². The number of carbonyl (C=O) groups excluding carboxylic acids is 1. The highest BCUT2D eigenvalue weighted by molar-refractivity contribution is 7.89. The second-order valence-electron chi connectivity index (χ2n) is 6.80. The number of nitriles is 1. The number of anilines is 1. The number of nitrogens with one attached hydrogen (secondary N) is 3. The molecule has 1 atom stereocenters. The molecule has 0 aliphatic heterocycles. The van der Waals surface area contributed by atoms with Crippen molar-refractivity contribution >= 4 is 39.0 Å². The van der Waals surface area contributed by atoms with Gasteiger partial charge in [-0.25, -0.2) is 22.9 Å². The molecule has 3 rings (SSSR count). The highest BCUT2D eigenvalue weighted by Gasteiger charge is 2.24. The Morgan fingerprint density at radius 2 is 1.97 bits per heavy atom. The molecule has 0 bridgehead atoms. The summed E-state index contributed by atoms with van der Waals surface area (Å²) in [4.78, 5) is 26.5. The summed E-state index contributed by atoms with van der Waals surface area (Å²) >= 11 is 1.30.